The van der Waals surface area contributed by atoms with Crippen molar-refractivity contribution in [3.63, 3.8) is 0 Å². The molecular formula is C12H15NO2S. The van der Waals surface area contributed by atoms with Gasteiger partial charge in [-0.05, 0) is 37.6 Å². The topological polar surface area (TPSA) is 50.1 Å². The van der Waals surface area contributed by atoms with Gasteiger partial charge in [-0.3, -0.25) is 4.21 Å². The zero-order valence-electron chi connectivity index (χ0n) is 9.31. The van der Waals surface area contributed by atoms with Crippen LogP contribution < -0.4 is 4.74 Å². The fourth-order valence-corrected chi connectivity index (χ4v) is 2.34. The Morgan fingerprint density at radius 3 is 2.62 bits per heavy atom. The summed E-state index contributed by atoms with van der Waals surface area (Å²) in [5.41, 5.74) is 0. The summed E-state index contributed by atoms with van der Waals surface area (Å²) in [5.74, 6) is 1.34. The number of hydrogen-bond acceptors (Lipinski definition) is 3. The molecule has 0 aromatic heterocycles. The molecule has 1 atom stereocenters. The van der Waals surface area contributed by atoms with Gasteiger partial charge in [0.2, 0.25) is 0 Å². The summed E-state index contributed by atoms with van der Waals surface area (Å²) in [5, 5.41) is 8.38. The molecule has 0 aliphatic carbocycles. The van der Waals surface area contributed by atoms with E-state index in [1.807, 2.05) is 37.3 Å². The summed E-state index contributed by atoms with van der Waals surface area (Å²) in [6.07, 6.45) is 1.14. The van der Waals surface area contributed by atoms with Gasteiger partial charge in [0, 0.05) is 17.1 Å². The minimum atomic E-state index is -1.00. The van der Waals surface area contributed by atoms with Crippen LogP contribution in [0.3, 0.4) is 0 Å². The largest absolute Gasteiger partial charge is 0.494 e. The predicted molar refractivity (Wildman–Crippen MR) is 63.7 cm³/mol. The van der Waals surface area contributed by atoms with Gasteiger partial charge in [0.15, 0.2) is 0 Å². The average Bonchev–Trinajstić information content (AvgIpc) is 2.30. The van der Waals surface area contributed by atoms with Crippen molar-refractivity contribution in [2.45, 2.75) is 24.7 Å². The van der Waals surface area contributed by atoms with Crippen LogP contribution in [0.1, 0.15) is 19.8 Å². The Hall–Kier alpha value is -1.34. The standard InChI is InChI=1S/C12H15NO2S/c1-2-15-11-5-7-12(8-6-11)16(14)10-4-3-9-13/h5-8H,2-4,10H2,1H3/t16-/m1/s1. The van der Waals surface area contributed by atoms with Crippen molar-refractivity contribution >= 4 is 10.8 Å². The van der Waals surface area contributed by atoms with Crippen LogP contribution >= 0.6 is 0 Å². The van der Waals surface area contributed by atoms with E-state index in [2.05, 4.69) is 0 Å². The first-order chi connectivity index (χ1) is 7.77. The third-order valence-electron chi connectivity index (χ3n) is 2.02. The van der Waals surface area contributed by atoms with Crippen molar-refractivity contribution in [1.29, 1.82) is 5.26 Å². The first-order valence-corrected chi connectivity index (χ1v) is 6.58. The van der Waals surface area contributed by atoms with E-state index in [0.29, 0.717) is 25.2 Å². The van der Waals surface area contributed by atoms with Gasteiger partial charge in [-0.1, -0.05) is 0 Å². The average molecular weight is 237 g/mol. The molecule has 0 bridgehead atoms. The molecule has 1 aromatic carbocycles. The van der Waals surface area contributed by atoms with Crippen molar-refractivity contribution in [2.75, 3.05) is 12.4 Å². The Balaban J connectivity index is 2.53. The zero-order chi connectivity index (χ0) is 11.8. The van der Waals surface area contributed by atoms with E-state index in [1.54, 1.807) is 0 Å². The lowest BCUT2D eigenvalue weighted by molar-refractivity contribution is 0.340. The molecule has 0 aliphatic rings. The smallest absolute Gasteiger partial charge is 0.119 e. The van der Waals surface area contributed by atoms with E-state index < -0.39 is 10.8 Å². The summed E-state index contributed by atoms with van der Waals surface area (Å²) in [7, 11) is -1.00. The van der Waals surface area contributed by atoms with Crippen molar-refractivity contribution in [1.82, 2.24) is 0 Å². The molecule has 0 N–H and O–H groups in total. The molecule has 0 aliphatic heterocycles. The van der Waals surface area contributed by atoms with Crippen LogP contribution in [-0.2, 0) is 10.8 Å². The van der Waals surface area contributed by atoms with E-state index in [9.17, 15) is 4.21 Å². The number of benzene rings is 1. The summed E-state index contributed by atoms with van der Waals surface area (Å²) in [6.45, 7) is 2.55. The van der Waals surface area contributed by atoms with Crippen LogP contribution in [0.4, 0.5) is 0 Å². The highest BCUT2D eigenvalue weighted by Crippen LogP contribution is 2.15. The second-order valence-electron chi connectivity index (χ2n) is 3.22. The summed E-state index contributed by atoms with van der Waals surface area (Å²) >= 11 is 0. The number of unbranched alkanes of at least 4 members (excludes halogenated alkanes) is 1. The van der Waals surface area contributed by atoms with Crippen molar-refractivity contribution < 1.29 is 8.95 Å². The van der Waals surface area contributed by atoms with E-state index in [1.165, 1.54) is 0 Å². The van der Waals surface area contributed by atoms with Gasteiger partial charge in [-0.25, -0.2) is 0 Å². The molecule has 0 fully saturated rings. The van der Waals surface area contributed by atoms with Gasteiger partial charge in [-0.2, -0.15) is 5.26 Å². The van der Waals surface area contributed by atoms with Gasteiger partial charge in [0.1, 0.15) is 5.75 Å². The Morgan fingerprint density at radius 1 is 1.38 bits per heavy atom. The van der Waals surface area contributed by atoms with E-state index in [0.717, 1.165) is 10.6 Å². The van der Waals surface area contributed by atoms with Gasteiger partial charge >= 0.3 is 0 Å². The van der Waals surface area contributed by atoms with Crippen LogP contribution in [-0.4, -0.2) is 16.6 Å². The SMILES string of the molecule is CCOc1ccc([S@](=O)CCCC#N)cc1. The molecule has 3 nitrogen and oxygen atoms in total. The zero-order valence-corrected chi connectivity index (χ0v) is 10.1. The molecule has 4 heteroatoms. The van der Waals surface area contributed by atoms with Crippen LogP contribution in [0.2, 0.25) is 0 Å². The lowest BCUT2D eigenvalue weighted by Gasteiger charge is -2.04. The number of hydrogen-bond donors (Lipinski definition) is 0. The molecule has 0 saturated heterocycles. The number of nitriles is 1. The number of ether oxygens (including phenoxy) is 1. The van der Waals surface area contributed by atoms with Crippen LogP contribution in [0, 0.1) is 11.3 Å². The molecule has 86 valence electrons. The minimum absolute atomic E-state index is 0.461. The second kappa shape index (κ2) is 7.02. The first kappa shape index (κ1) is 12.7. The summed E-state index contributed by atoms with van der Waals surface area (Å²) in [6, 6.07) is 9.31. The van der Waals surface area contributed by atoms with E-state index >= 15 is 0 Å². The highest BCUT2D eigenvalue weighted by Gasteiger charge is 2.03. The maximum atomic E-state index is 11.7. The molecule has 1 rings (SSSR count). The van der Waals surface area contributed by atoms with Crippen LogP contribution in [0.25, 0.3) is 0 Å². The lowest BCUT2D eigenvalue weighted by Crippen LogP contribution is -1.98. The highest BCUT2D eigenvalue weighted by atomic mass is 32.2. The van der Waals surface area contributed by atoms with Gasteiger partial charge < -0.3 is 4.74 Å². The number of rotatable bonds is 6. The molecule has 0 unspecified atom stereocenters. The molecule has 0 radical (unpaired) electrons. The predicted octanol–water partition coefficient (Wildman–Crippen LogP) is 2.50. The highest BCUT2D eigenvalue weighted by molar-refractivity contribution is 7.85. The minimum Gasteiger partial charge on any atom is -0.494 e. The molecule has 0 amide bonds. The van der Waals surface area contributed by atoms with Gasteiger partial charge in [0.05, 0.1) is 23.5 Å². The maximum absolute atomic E-state index is 11.7. The summed E-state index contributed by atoms with van der Waals surface area (Å²) < 4.78 is 17.0. The quantitative estimate of drug-likeness (QED) is 0.714. The van der Waals surface area contributed by atoms with E-state index in [-0.39, 0.29) is 0 Å². The first-order valence-electron chi connectivity index (χ1n) is 5.26. The Bertz CT molecular complexity index is 381. The fraction of sp³-hybridized carbons (Fsp3) is 0.417. The molecule has 0 spiro atoms. The summed E-state index contributed by atoms with van der Waals surface area (Å²) in [4.78, 5) is 0.793. The number of nitrogens with zero attached hydrogens (tertiary/aromatic N) is 1. The Labute approximate surface area is 98.5 Å². The molecule has 1 aromatic rings. The van der Waals surface area contributed by atoms with Crippen molar-refractivity contribution in [3.05, 3.63) is 24.3 Å². The van der Waals surface area contributed by atoms with Gasteiger partial charge in [0.25, 0.3) is 0 Å². The normalized spacial score (nSPS) is 11.8. The van der Waals surface area contributed by atoms with Crippen molar-refractivity contribution in [2.24, 2.45) is 0 Å². The van der Waals surface area contributed by atoms with Crippen molar-refractivity contribution in [3.8, 4) is 11.8 Å². The Morgan fingerprint density at radius 2 is 2.06 bits per heavy atom. The molecule has 0 saturated carbocycles. The second-order valence-corrected chi connectivity index (χ2v) is 4.79. The third kappa shape index (κ3) is 4.03. The lowest BCUT2D eigenvalue weighted by atomic mass is 10.3. The maximum Gasteiger partial charge on any atom is 0.119 e. The van der Waals surface area contributed by atoms with Gasteiger partial charge in [-0.15, -0.1) is 0 Å². The van der Waals surface area contributed by atoms with Crippen LogP contribution in [0.15, 0.2) is 29.2 Å². The van der Waals surface area contributed by atoms with Crippen LogP contribution in [0.5, 0.6) is 5.75 Å². The molecule has 16 heavy (non-hydrogen) atoms. The molecule has 0 heterocycles. The fourth-order valence-electron chi connectivity index (χ4n) is 1.25. The Kier molecular flexibility index (Phi) is 5.58. The third-order valence-corrected chi connectivity index (χ3v) is 3.47. The van der Waals surface area contributed by atoms with E-state index in [4.69, 9.17) is 10.00 Å². The molecular weight excluding hydrogens is 222 g/mol. The monoisotopic (exact) mass is 237 g/mol.